The van der Waals surface area contributed by atoms with Crippen LogP contribution in [0.1, 0.15) is 30.0 Å². The Labute approximate surface area is 181 Å². The number of anilines is 2. The quantitative estimate of drug-likeness (QED) is 0.549. The van der Waals surface area contributed by atoms with Crippen molar-refractivity contribution in [3.63, 3.8) is 0 Å². The molecule has 154 valence electrons. The molecule has 0 saturated carbocycles. The van der Waals surface area contributed by atoms with E-state index in [9.17, 15) is 9.59 Å². The van der Waals surface area contributed by atoms with Gasteiger partial charge in [0.25, 0.3) is 0 Å². The lowest BCUT2D eigenvalue weighted by atomic mass is 10.2. The summed E-state index contributed by atoms with van der Waals surface area (Å²) in [5, 5.41) is 2.57. The number of carbonyl (C=O) groups excluding carboxylic acids is 2. The Morgan fingerprint density at radius 1 is 1.17 bits per heavy atom. The lowest BCUT2D eigenvalue weighted by Crippen LogP contribution is -2.41. The van der Waals surface area contributed by atoms with Crippen LogP contribution in [-0.4, -0.2) is 36.7 Å². The predicted octanol–water partition coefficient (Wildman–Crippen LogP) is 2.65. The van der Waals surface area contributed by atoms with Gasteiger partial charge in [-0.05, 0) is 59.6 Å². The number of nitrogens with zero attached hydrogens (tertiary/aromatic N) is 5. The molecule has 0 aliphatic rings. The van der Waals surface area contributed by atoms with E-state index in [4.69, 9.17) is 5.73 Å². The summed E-state index contributed by atoms with van der Waals surface area (Å²) in [5.74, 6) is -0.770. The van der Waals surface area contributed by atoms with Crippen molar-refractivity contribution in [1.82, 2.24) is 24.8 Å². The normalized spacial score (nSPS) is 11.6. The van der Waals surface area contributed by atoms with E-state index in [0.717, 1.165) is 4.47 Å². The number of aryl methyl sites for hydroxylation is 1. The first-order chi connectivity index (χ1) is 14.3. The minimum Gasteiger partial charge on any atom is -0.383 e. The van der Waals surface area contributed by atoms with Gasteiger partial charge in [-0.1, -0.05) is 0 Å². The van der Waals surface area contributed by atoms with Gasteiger partial charge in [0.1, 0.15) is 11.6 Å². The fourth-order valence-electron chi connectivity index (χ4n) is 2.69. The number of nitrogen functional groups attached to an aromatic ring is 1. The maximum Gasteiger partial charge on any atom is 0.313 e. The number of nitrogens with two attached hydrogens (primary N) is 1. The van der Waals surface area contributed by atoms with Gasteiger partial charge in [0, 0.05) is 23.1 Å². The van der Waals surface area contributed by atoms with Gasteiger partial charge in [-0.25, -0.2) is 15.0 Å². The molecule has 3 aromatic heterocycles. The Kier molecular flexibility index (Phi) is 6.68. The molecule has 3 rings (SSSR count). The Morgan fingerprint density at radius 3 is 2.53 bits per heavy atom. The molecule has 0 aliphatic carbocycles. The SMILES string of the molecule is Cc1cc(NC(=O)C(=O)N(Cc2ccc(Br)cn2)C(C)c2ncccn2)cnc1N. The first-order valence-electron chi connectivity index (χ1n) is 9.06. The molecule has 2 amide bonds. The number of amides is 2. The van der Waals surface area contributed by atoms with E-state index in [1.807, 2.05) is 6.07 Å². The van der Waals surface area contributed by atoms with E-state index >= 15 is 0 Å². The van der Waals surface area contributed by atoms with E-state index in [1.165, 1.54) is 11.1 Å². The highest BCUT2D eigenvalue weighted by atomic mass is 79.9. The molecule has 0 aliphatic heterocycles. The first-order valence-corrected chi connectivity index (χ1v) is 9.86. The van der Waals surface area contributed by atoms with Crippen molar-refractivity contribution in [2.45, 2.75) is 26.4 Å². The summed E-state index contributed by atoms with van der Waals surface area (Å²) in [7, 11) is 0. The van der Waals surface area contributed by atoms with Crippen molar-refractivity contribution in [2.24, 2.45) is 0 Å². The number of hydrogen-bond acceptors (Lipinski definition) is 7. The Balaban J connectivity index is 1.85. The predicted molar refractivity (Wildman–Crippen MR) is 115 cm³/mol. The Bertz CT molecular complexity index is 1040. The van der Waals surface area contributed by atoms with Crippen LogP contribution in [0.25, 0.3) is 0 Å². The highest BCUT2D eigenvalue weighted by Crippen LogP contribution is 2.21. The lowest BCUT2D eigenvalue weighted by Gasteiger charge is -2.27. The van der Waals surface area contributed by atoms with Crippen LogP contribution >= 0.6 is 15.9 Å². The monoisotopic (exact) mass is 469 g/mol. The van der Waals surface area contributed by atoms with Crippen LogP contribution < -0.4 is 11.1 Å². The molecule has 3 heterocycles. The Hall–Kier alpha value is -3.40. The average molecular weight is 470 g/mol. The highest BCUT2D eigenvalue weighted by Gasteiger charge is 2.29. The number of hydrogen-bond donors (Lipinski definition) is 2. The van der Waals surface area contributed by atoms with Gasteiger partial charge < -0.3 is 16.0 Å². The third-order valence-electron chi connectivity index (χ3n) is 4.38. The van der Waals surface area contributed by atoms with Crippen molar-refractivity contribution < 1.29 is 9.59 Å². The van der Waals surface area contributed by atoms with Gasteiger partial charge >= 0.3 is 11.8 Å². The van der Waals surface area contributed by atoms with Crippen LogP contribution in [0, 0.1) is 6.92 Å². The molecule has 1 unspecified atom stereocenters. The van der Waals surface area contributed by atoms with Crippen molar-refractivity contribution in [2.75, 3.05) is 11.1 Å². The first kappa shape index (κ1) is 21.3. The summed E-state index contributed by atoms with van der Waals surface area (Å²) in [5.41, 5.74) is 7.40. The molecule has 1 atom stereocenters. The number of carbonyl (C=O) groups is 2. The van der Waals surface area contributed by atoms with E-state index in [2.05, 4.69) is 41.2 Å². The molecule has 0 radical (unpaired) electrons. The topological polar surface area (TPSA) is 127 Å². The minimum atomic E-state index is -0.805. The zero-order chi connectivity index (χ0) is 21.7. The third kappa shape index (κ3) is 5.15. The summed E-state index contributed by atoms with van der Waals surface area (Å²) >= 11 is 3.34. The second-order valence-electron chi connectivity index (χ2n) is 6.56. The summed E-state index contributed by atoms with van der Waals surface area (Å²) in [6.07, 6.45) is 6.20. The molecule has 0 spiro atoms. The molecular weight excluding hydrogens is 450 g/mol. The summed E-state index contributed by atoms with van der Waals surface area (Å²) in [6, 6.07) is 6.37. The number of nitrogens with one attached hydrogen (secondary N) is 1. The van der Waals surface area contributed by atoms with E-state index in [-0.39, 0.29) is 6.54 Å². The minimum absolute atomic E-state index is 0.109. The number of aromatic nitrogens is 4. The molecule has 0 saturated heterocycles. The largest absolute Gasteiger partial charge is 0.383 e. The maximum absolute atomic E-state index is 13.1. The molecule has 10 heteroatoms. The van der Waals surface area contributed by atoms with Crippen LogP contribution in [0.4, 0.5) is 11.5 Å². The summed E-state index contributed by atoms with van der Waals surface area (Å²) in [6.45, 7) is 3.63. The molecular formula is C20H20BrN7O2. The molecule has 30 heavy (non-hydrogen) atoms. The molecule has 3 N–H and O–H groups in total. The second kappa shape index (κ2) is 9.40. The van der Waals surface area contributed by atoms with Crippen molar-refractivity contribution in [1.29, 1.82) is 0 Å². The van der Waals surface area contributed by atoms with Gasteiger partial charge in [-0.3, -0.25) is 14.6 Å². The van der Waals surface area contributed by atoms with Gasteiger partial charge in [-0.2, -0.15) is 0 Å². The second-order valence-corrected chi connectivity index (χ2v) is 7.48. The van der Waals surface area contributed by atoms with Crippen molar-refractivity contribution in [3.8, 4) is 0 Å². The Morgan fingerprint density at radius 2 is 1.90 bits per heavy atom. The molecule has 3 aromatic rings. The number of halogens is 1. The summed E-state index contributed by atoms with van der Waals surface area (Å²) in [4.78, 5) is 43.9. The summed E-state index contributed by atoms with van der Waals surface area (Å²) < 4.78 is 0.813. The van der Waals surface area contributed by atoms with Crippen LogP contribution in [-0.2, 0) is 16.1 Å². The van der Waals surface area contributed by atoms with Crippen LogP contribution in [0.5, 0.6) is 0 Å². The van der Waals surface area contributed by atoms with Gasteiger partial charge in [0.2, 0.25) is 0 Å². The van der Waals surface area contributed by atoms with E-state index < -0.39 is 17.9 Å². The number of pyridine rings is 2. The standard InChI is InChI=1S/C20H20BrN7O2/c1-12-8-16(10-26-17(12)22)27-19(29)20(30)28(11-15-5-4-14(21)9-25-15)13(2)18-23-6-3-7-24-18/h3-10,13H,11H2,1-2H3,(H2,22,26)(H,27,29). The fourth-order valence-corrected chi connectivity index (χ4v) is 2.93. The molecule has 0 aromatic carbocycles. The molecule has 9 nitrogen and oxygen atoms in total. The molecule has 0 bridgehead atoms. The zero-order valence-electron chi connectivity index (χ0n) is 16.4. The van der Waals surface area contributed by atoms with E-state index in [1.54, 1.807) is 50.6 Å². The highest BCUT2D eigenvalue weighted by molar-refractivity contribution is 9.10. The average Bonchev–Trinajstić information content (AvgIpc) is 2.75. The van der Waals surface area contributed by atoms with Gasteiger partial charge in [0.05, 0.1) is 30.2 Å². The van der Waals surface area contributed by atoms with E-state index in [0.29, 0.717) is 28.6 Å². The fraction of sp³-hybridized carbons (Fsp3) is 0.200. The smallest absolute Gasteiger partial charge is 0.313 e. The lowest BCUT2D eigenvalue weighted by molar-refractivity contribution is -0.145. The van der Waals surface area contributed by atoms with Gasteiger partial charge in [-0.15, -0.1) is 0 Å². The van der Waals surface area contributed by atoms with Crippen LogP contribution in [0.15, 0.2) is 53.5 Å². The van der Waals surface area contributed by atoms with Crippen molar-refractivity contribution in [3.05, 3.63) is 70.6 Å². The van der Waals surface area contributed by atoms with Crippen LogP contribution in [0.2, 0.25) is 0 Å². The zero-order valence-corrected chi connectivity index (χ0v) is 18.0. The molecule has 0 fully saturated rings. The van der Waals surface area contributed by atoms with Crippen LogP contribution in [0.3, 0.4) is 0 Å². The van der Waals surface area contributed by atoms with Gasteiger partial charge in [0.15, 0.2) is 0 Å². The number of rotatable bonds is 5. The third-order valence-corrected chi connectivity index (χ3v) is 4.85. The maximum atomic E-state index is 13.1. The van der Waals surface area contributed by atoms with Crippen molar-refractivity contribution >= 4 is 39.2 Å².